The topological polar surface area (TPSA) is 60.2 Å². The number of nitrogens with two attached hydrogens (primary N) is 1. The number of pyridine rings is 1. The van der Waals surface area contributed by atoms with Gasteiger partial charge >= 0.3 is 6.18 Å². The second kappa shape index (κ2) is 7.71. The highest BCUT2D eigenvalue weighted by molar-refractivity contribution is 5.87. The Morgan fingerprint density at radius 1 is 1.07 bits per heavy atom. The first-order valence-corrected chi connectivity index (χ1v) is 9.30. The van der Waals surface area contributed by atoms with Crippen molar-refractivity contribution in [2.75, 3.05) is 5.73 Å². The minimum atomic E-state index is -4.78. The third-order valence-electron chi connectivity index (χ3n) is 5.19. The molecule has 0 unspecified atom stereocenters. The van der Waals surface area contributed by atoms with E-state index >= 15 is 0 Å². The minimum Gasteiger partial charge on any atom is -0.490 e. The first kappa shape index (κ1) is 20.3. The van der Waals surface area contributed by atoms with Crippen LogP contribution in [0.1, 0.15) is 24.0 Å². The van der Waals surface area contributed by atoms with Crippen molar-refractivity contribution in [3.63, 3.8) is 0 Å². The largest absolute Gasteiger partial charge is 0.490 e. The Morgan fingerprint density at radius 3 is 2.53 bits per heavy atom. The predicted molar refractivity (Wildman–Crippen MR) is 102 cm³/mol. The number of hydrogen-bond donors (Lipinski definition) is 2. The molecule has 1 heterocycles. The van der Waals surface area contributed by atoms with Crippen molar-refractivity contribution >= 4 is 16.6 Å². The van der Waals surface area contributed by atoms with E-state index in [1.54, 1.807) is 18.3 Å². The van der Waals surface area contributed by atoms with Gasteiger partial charge in [0.1, 0.15) is 29.3 Å². The van der Waals surface area contributed by atoms with E-state index in [-0.39, 0.29) is 30.3 Å². The second-order valence-corrected chi connectivity index (χ2v) is 7.28. The molecule has 2 aromatic carbocycles. The fourth-order valence-corrected chi connectivity index (χ4v) is 3.51. The van der Waals surface area contributed by atoms with E-state index in [9.17, 15) is 22.0 Å². The minimum absolute atomic E-state index is 0.0198. The van der Waals surface area contributed by atoms with Crippen molar-refractivity contribution in [2.24, 2.45) is 0 Å². The van der Waals surface area contributed by atoms with Crippen LogP contribution in [0, 0.1) is 11.6 Å². The standard InChI is InChI=1S/C21H18F5N3O/c22-18-3-1-11-9-29-20(27)8-15(11)16(18)10-28-12-5-14(6-12)30-13-2-4-19(23)17(7-13)21(24,25)26/h1-4,7-9,12,14,28H,5-6,10H2,(H2,27,29)/t12-,14-. The van der Waals surface area contributed by atoms with Gasteiger partial charge in [-0.1, -0.05) is 0 Å². The second-order valence-electron chi connectivity index (χ2n) is 7.28. The van der Waals surface area contributed by atoms with Crippen LogP contribution in [0.5, 0.6) is 5.75 Å². The van der Waals surface area contributed by atoms with Crippen LogP contribution in [0.25, 0.3) is 10.8 Å². The molecule has 0 spiro atoms. The third-order valence-corrected chi connectivity index (χ3v) is 5.19. The van der Waals surface area contributed by atoms with Crippen LogP contribution in [-0.2, 0) is 12.7 Å². The first-order chi connectivity index (χ1) is 14.2. The van der Waals surface area contributed by atoms with Gasteiger partial charge in [-0.3, -0.25) is 0 Å². The smallest absolute Gasteiger partial charge is 0.419 e. The number of hydrogen-bond acceptors (Lipinski definition) is 4. The molecule has 9 heteroatoms. The SMILES string of the molecule is Nc1cc2c(CN[C@H]3C[C@H](Oc4ccc(F)c(C(F)(F)F)c4)C3)c(F)ccc2cn1. The molecule has 1 fully saturated rings. The van der Waals surface area contributed by atoms with Gasteiger partial charge in [0.25, 0.3) is 0 Å². The zero-order valence-electron chi connectivity index (χ0n) is 15.6. The zero-order chi connectivity index (χ0) is 21.5. The molecule has 30 heavy (non-hydrogen) atoms. The Hall–Kier alpha value is -2.94. The van der Waals surface area contributed by atoms with Gasteiger partial charge in [0, 0.05) is 29.7 Å². The molecule has 1 aliphatic rings. The number of aromatic nitrogens is 1. The number of benzene rings is 2. The van der Waals surface area contributed by atoms with Gasteiger partial charge in [-0.05, 0) is 54.6 Å². The van der Waals surface area contributed by atoms with Crippen LogP contribution in [0.2, 0.25) is 0 Å². The molecule has 1 saturated carbocycles. The van der Waals surface area contributed by atoms with Crippen molar-refractivity contribution < 1.29 is 26.7 Å². The molecule has 0 bridgehead atoms. The summed E-state index contributed by atoms with van der Waals surface area (Å²) in [6.45, 7) is 0.263. The summed E-state index contributed by atoms with van der Waals surface area (Å²) in [6.07, 6.45) is -2.43. The Kier molecular flexibility index (Phi) is 5.23. The molecule has 0 aliphatic heterocycles. The van der Waals surface area contributed by atoms with Crippen molar-refractivity contribution in [1.29, 1.82) is 0 Å². The highest BCUT2D eigenvalue weighted by Gasteiger charge is 2.35. The number of nitrogens with zero attached hydrogens (tertiary/aromatic N) is 1. The normalized spacial score (nSPS) is 19.0. The summed E-state index contributed by atoms with van der Waals surface area (Å²) >= 11 is 0. The maximum absolute atomic E-state index is 14.3. The quantitative estimate of drug-likeness (QED) is 0.578. The van der Waals surface area contributed by atoms with Crippen LogP contribution >= 0.6 is 0 Å². The molecule has 1 aromatic heterocycles. The number of ether oxygens (including phenoxy) is 1. The summed E-state index contributed by atoms with van der Waals surface area (Å²) in [4.78, 5) is 4.00. The summed E-state index contributed by atoms with van der Waals surface area (Å²) in [5, 5.41) is 4.67. The molecule has 3 N–H and O–H groups in total. The lowest BCUT2D eigenvalue weighted by molar-refractivity contribution is -0.140. The van der Waals surface area contributed by atoms with Gasteiger partial charge in [-0.15, -0.1) is 0 Å². The monoisotopic (exact) mass is 423 g/mol. The fourth-order valence-electron chi connectivity index (χ4n) is 3.51. The molecule has 0 amide bonds. The van der Waals surface area contributed by atoms with E-state index in [0.29, 0.717) is 35.7 Å². The number of fused-ring (bicyclic) bond motifs is 1. The molecular formula is C21H18F5N3O. The van der Waals surface area contributed by atoms with Crippen molar-refractivity contribution in [1.82, 2.24) is 10.3 Å². The summed E-state index contributed by atoms with van der Waals surface area (Å²) < 4.78 is 71.6. The number of anilines is 1. The maximum atomic E-state index is 14.3. The molecule has 3 aromatic rings. The summed E-state index contributed by atoms with van der Waals surface area (Å²) in [5.74, 6) is -1.44. The first-order valence-electron chi connectivity index (χ1n) is 9.30. The Bertz CT molecular complexity index is 1070. The number of alkyl halides is 3. The van der Waals surface area contributed by atoms with Crippen LogP contribution < -0.4 is 15.8 Å². The number of nitrogens with one attached hydrogen (secondary N) is 1. The summed E-state index contributed by atoms with van der Waals surface area (Å²) in [5.41, 5.74) is 4.83. The fraction of sp³-hybridized carbons (Fsp3) is 0.286. The average molecular weight is 423 g/mol. The van der Waals surface area contributed by atoms with Crippen molar-refractivity contribution in [3.8, 4) is 5.75 Å². The highest BCUT2D eigenvalue weighted by Crippen LogP contribution is 2.35. The molecule has 4 rings (SSSR count). The van der Waals surface area contributed by atoms with Crippen molar-refractivity contribution in [3.05, 3.63) is 65.4 Å². The Morgan fingerprint density at radius 2 is 1.80 bits per heavy atom. The van der Waals surface area contributed by atoms with Gasteiger partial charge in [0.05, 0.1) is 5.56 Å². The predicted octanol–water partition coefficient (Wildman–Crippen LogP) is 4.81. The van der Waals surface area contributed by atoms with Crippen LogP contribution in [0.4, 0.5) is 27.8 Å². The maximum Gasteiger partial charge on any atom is 0.419 e. The lowest BCUT2D eigenvalue weighted by Crippen LogP contribution is -2.46. The van der Waals surface area contributed by atoms with Crippen LogP contribution in [0.3, 0.4) is 0 Å². The molecule has 0 saturated heterocycles. The molecule has 0 radical (unpaired) electrons. The average Bonchev–Trinajstić information content (AvgIpc) is 2.65. The van der Waals surface area contributed by atoms with Crippen molar-refractivity contribution in [2.45, 2.75) is 37.7 Å². The molecule has 158 valence electrons. The van der Waals surface area contributed by atoms with Gasteiger partial charge in [-0.25, -0.2) is 13.8 Å². The summed E-state index contributed by atoms with van der Waals surface area (Å²) in [6, 6.07) is 7.23. The van der Waals surface area contributed by atoms with E-state index in [4.69, 9.17) is 10.5 Å². The highest BCUT2D eigenvalue weighted by atomic mass is 19.4. The molecule has 0 atom stereocenters. The van der Waals surface area contributed by atoms with E-state index in [1.165, 1.54) is 12.1 Å². The number of rotatable bonds is 5. The van der Waals surface area contributed by atoms with Gasteiger partial charge in [0.15, 0.2) is 0 Å². The lowest BCUT2D eigenvalue weighted by atomic mass is 9.89. The van der Waals surface area contributed by atoms with Gasteiger partial charge in [0.2, 0.25) is 0 Å². The molecule has 4 nitrogen and oxygen atoms in total. The van der Waals surface area contributed by atoms with E-state index in [0.717, 1.165) is 11.5 Å². The van der Waals surface area contributed by atoms with Crippen LogP contribution in [0.15, 0.2) is 42.6 Å². The number of halogens is 5. The van der Waals surface area contributed by atoms with Gasteiger partial charge in [-0.2, -0.15) is 13.2 Å². The van der Waals surface area contributed by atoms with E-state index < -0.39 is 17.6 Å². The molecular weight excluding hydrogens is 405 g/mol. The zero-order valence-corrected chi connectivity index (χ0v) is 15.6. The lowest BCUT2D eigenvalue weighted by Gasteiger charge is -2.36. The Labute approximate surface area is 168 Å². The van der Waals surface area contributed by atoms with E-state index in [1.807, 2.05) is 0 Å². The third kappa shape index (κ3) is 4.16. The Balaban J connectivity index is 1.36. The van der Waals surface area contributed by atoms with Gasteiger partial charge < -0.3 is 15.8 Å². The van der Waals surface area contributed by atoms with Crippen LogP contribution in [-0.4, -0.2) is 17.1 Å². The molecule has 1 aliphatic carbocycles. The number of nitrogen functional groups attached to an aromatic ring is 1. The van der Waals surface area contributed by atoms with E-state index in [2.05, 4.69) is 10.3 Å². The summed E-state index contributed by atoms with van der Waals surface area (Å²) in [7, 11) is 0.